The van der Waals surface area contributed by atoms with E-state index in [1.165, 1.54) is 31.2 Å². The number of rotatable bonds is 8. The Morgan fingerprint density at radius 2 is 1.97 bits per heavy atom. The van der Waals surface area contributed by atoms with Crippen molar-refractivity contribution in [2.45, 2.75) is 31.8 Å². The molecule has 1 N–H and O–H groups in total. The Kier molecular flexibility index (Phi) is 11.0. The zero-order chi connectivity index (χ0) is 21.4. The molecule has 0 aliphatic carbocycles. The van der Waals surface area contributed by atoms with Gasteiger partial charge in [0.2, 0.25) is 0 Å². The number of aliphatic imine (C=N–C) groups is 1. The van der Waals surface area contributed by atoms with Gasteiger partial charge in [0.05, 0.1) is 19.0 Å². The van der Waals surface area contributed by atoms with E-state index < -0.39 is 9.84 Å². The molecule has 176 valence electrons. The molecule has 1 aromatic carbocycles. The highest BCUT2D eigenvalue weighted by Gasteiger charge is 2.36. The average molecular weight is 565 g/mol. The van der Waals surface area contributed by atoms with Crippen LogP contribution in [0.5, 0.6) is 0 Å². The molecule has 2 aliphatic heterocycles. The van der Waals surface area contributed by atoms with Gasteiger partial charge in [-0.2, -0.15) is 0 Å². The van der Waals surface area contributed by atoms with Gasteiger partial charge in [-0.05, 0) is 37.3 Å². The number of benzene rings is 1. The number of piperidine rings is 2. The Hall–Kier alpha value is -0.910. The average Bonchev–Trinajstić information content (AvgIpc) is 2.73. The minimum absolute atomic E-state index is 0. The molecule has 0 aromatic heterocycles. The molecule has 0 spiro atoms. The number of guanidine groups is 1. The van der Waals surface area contributed by atoms with E-state index in [1.54, 1.807) is 0 Å². The maximum absolute atomic E-state index is 11.1. The second-order valence-electron chi connectivity index (χ2n) is 8.38. The number of hydrogen-bond acceptors (Lipinski definition) is 5. The monoisotopic (exact) mass is 564 g/mol. The number of hydrogen-bond donors (Lipinski definition) is 1. The number of halogens is 1. The van der Waals surface area contributed by atoms with Gasteiger partial charge in [-0.15, -0.1) is 24.0 Å². The molecule has 0 saturated carbocycles. The zero-order valence-electron chi connectivity index (χ0n) is 18.7. The first-order chi connectivity index (χ1) is 14.5. The Labute approximate surface area is 204 Å². The van der Waals surface area contributed by atoms with Gasteiger partial charge in [-0.25, -0.2) is 8.42 Å². The van der Waals surface area contributed by atoms with Crippen LogP contribution in [0.2, 0.25) is 0 Å². The molecule has 0 radical (unpaired) electrons. The van der Waals surface area contributed by atoms with Crippen molar-refractivity contribution < 1.29 is 13.2 Å². The molecule has 7 nitrogen and oxygen atoms in total. The van der Waals surface area contributed by atoms with Crippen molar-refractivity contribution >= 4 is 39.8 Å². The lowest BCUT2D eigenvalue weighted by Gasteiger charge is -2.48. The fraction of sp³-hybridized carbons (Fsp3) is 0.682. The van der Waals surface area contributed by atoms with Crippen molar-refractivity contribution in [2.24, 2.45) is 10.9 Å². The van der Waals surface area contributed by atoms with E-state index >= 15 is 0 Å². The van der Waals surface area contributed by atoms with Gasteiger partial charge >= 0.3 is 0 Å². The van der Waals surface area contributed by atoms with E-state index in [-0.39, 0.29) is 36.3 Å². The van der Waals surface area contributed by atoms with E-state index in [4.69, 9.17) is 4.74 Å². The van der Waals surface area contributed by atoms with E-state index in [2.05, 4.69) is 50.4 Å². The lowest BCUT2D eigenvalue weighted by molar-refractivity contribution is 0.0371. The van der Waals surface area contributed by atoms with Crippen LogP contribution in [0.3, 0.4) is 0 Å². The minimum atomic E-state index is -2.97. The number of nitrogens with zero attached hydrogens (tertiary/aromatic N) is 3. The van der Waals surface area contributed by atoms with E-state index in [9.17, 15) is 8.42 Å². The van der Waals surface area contributed by atoms with Gasteiger partial charge < -0.3 is 15.0 Å². The Balaban J connectivity index is 0.00000341. The summed E-state index contributed by atoms with van der Waals surface area (Å²) in [5.74, 6) is 1.65. The zero-order valence-corrected chi connectivity index (χ0v) is 21.8. The lowest BCUT2D eigenvalue weighted by atomic mass is 9.83. The Morgan fingerprint density at radius 3 is 2.68 bits per heavy atom. The van der Waals surface area contributed by atoms with Gasteiger partial charge in [0.15, 0.2) is 5.96 Å². The number of fused-ring (bicyclic) bond motifs is 1. The molecule has 2 fully saturated rings. The number of ether oxygens (including phenoxy) is 1. The maximum Gasteiger partial charge on any atom is 0.193 e. The van der Waals surface area contributed by atoms with Crippen LogP contribution in [0, 0.1) is 5.92 Å². The third-order valence-electron chi connectivity index (χ3n) is 6.05. The minimum Gasteiger partial charge on any atom is -0.379 e. The summed E-state index contributed by atoms with van der Waals surface area (Å²) < 4.78 is 27.7. The van der Waals surface area contributed by atoms with Crippen molar-refractivity contribution in [3.63, 3.8) is 0 Å². The smallest absolute Gasteiger partial charge is 0.193 e. The number of likely N-dealkylation sites (tertiary alicyclic amines) is 2. The summed E-state index contributed by atoms with van der Waals surface area (Å²) in [5, 5.41) is 3.37. The largest absolute Gasteiger partial charge is 0.379 e. The molecule has 9 heteroatoms. The van der Waals surface area contributed by atoms with Gasteiger partial charge in [0.1, 0.15) is 9.84 Å². The first-order valence-corrected chi connectivity index (χ1v) is 13.0. The quantitative estimate of drug-likeness (QED) is 0.226. The standard InChI is InChI=1S/C22H36N4O3S.HI/c1-23-22(24-11-14-29-15-16-30(2,27)28)26-13-10-21-20(18-26)9-6-12-25(21)17-19-7-4-3-5-8-19;/h3-5,7-8,20-21H,6,9-18H2,1-2H3,(H,23,24);1H. The van der Waals surface area contributed by atoms with Crippen LogP contribution in [-0.4, -0.2) is 88.7 Å². The summed E-state index contributed by atoms with van der Waals surface area (Å²) in [6.45, 7) is 5.60. The highest BCUT2D eigenvalue weighted by Crippen LogP contribution is 2.31. The van der Waals surface area contributed by atoms with Crippen molar-refractivity contribution in [2.75, 3.05) is 58.4 Å². The van der Waals surface area contributed by atoms with Crippen LogP contribution >= 0.6 is 24.0 Å². The molecular weight excluding hydrogens is 527 g/mol. The van der Waals surface area contributed by atoms with Crippen LogP contribution < -0.4 is 5.32 Å². The van der Waals surface area contributed by atoms with Crippen molar-refractivity contribution in [3.8, 4) is 0 Å². The van der Waals surface area contributed by atoms with Crippen molar-refractivity contribution in [1.29, 1.82) is 0 Å². The van der Waals surface area contributed by atoms with Crippen LogP contribution in [0.4, 0.5) is 0 Å². The van der Waals surface area contributed by atoms with Gasteiger partial charge in [-0.3, -0.25) is 9.89 Å². The fourth-order valence-electron chi connectivity index (χ4n) is 4.59. The van der Waals surface area contributed by atoms with Crippen LogP contribution in [0.15, 0.2) is 35.3 Å². The summed E-state index contributed by atoms with van der Waals surface area (Å²) in [4.78, 5) is 9.50. The Bertz CT molecular complexity index is 791. The normalized spacial score (nSPS) is 22.5. The molecule has 2 aliphatic rings. The molecule has 2 atom stereocenters. The maximum atomic E-state index is 11.1. The van der Waals surface area contributed by atoms with Gasteiger partial charge in [0.25, 0.3) is 0 Å². The molecule has 2 heterocycles. The molecular formula is C22H37IN4O3S. The topological polar surface area (TPSA) is 74.2 Å². The second-order valence-corrected chi connectivity index (χ2v) is 10.6. The molecule has 0 bridgehead atoms. The molecule has 2 unspecified atom stereocenters. The van der Waals surface area contributed by atoms with E-state index in [1.807, 2.05) is 7.05 Å². The highest BCUT2D eigenvalue weighted by atomic mass is 127. The van der Waals surface area contributed by atoms with E-state index in [0.717, 1.165) is 32.0 Å². The summed E-state index contributed by atoms with van der Waals surface area (Å²) in [5.41, 5.74) is 1.40. The number of sulfone groups is 1. The van der Waals surface area contributed by atoms with E-state index in [0.29, 0.717) is 25.1 Å². The van der Waals surface area contributed by atoms with Crippen LogP contribution in [-0.2, 0) is 21.1 Å². The van der Waals surface area contributed by atoms with Crippen LogP contribution in [0.25, 0.3) is 0 Å². The fourth-order valence-corrected chi connectivity index (χ4v) is 5.01. The van der Waals surface area contributed by atoms with Crippen molar-refractivity contribution in [1.82, 2.24) is 15.1 Å². The Morgan fingerprint density at radius 1 is 1.19 bits per heavy atom. The first kappa shape index (κ1) is 26.3. The van der Waals surface area contributed by atoms with Gasteiger partial charge in [0, 0.05) is 45.5 Å². The third kappa shape index (κ3) is 8.51. The highest BCUT2D eigenvalue weighted by molar-refractivity contribution is 14.0. The second kappa shape index (κ2) is 13.0. The predicted molar refractivity (Wildman–Crippen MR) is 137 cm³/mol. The predicted octanol–water partition coefficient (Wildman–Crippen LogP) is 2.23. The van der Waals surface area contributed by atoms with Crippen LogP contribution in [0.1, 0.15) is 24.8 Å². The summed E-state index contributed by atoms with van der Waals surface area (Å²) in [7, 11) is -1.15. The third-order valence-corrected chi connectivity index (χ3v) is 6.96. The molecule has 2 saturated heterocycles. The summed E-state index contributed by atoms with van der Waals surface area (Å²) in [6, 6.07) is 11.4. The molecule has 0 amide bonds. The summed E-state index contributed by atoms with van der Waals surface area (Å²) >= 11 is 0. The SMILES string of the molecule is CN=C(NCCOCCS(C)(=O)=O)N1CCC2C(CCCN2Cc2ccccc2)C1.I. The first-order valence-electron chi connectivity index (χ1n) is 11.0. The lowest BCUT2D eigenvalue weighted by Crippen LogP contribution is -2.56. The molecule has 3 rings (SSSR count). The molecule has 31 heavy (non-hydrogen) atoms. The summed E-state index contributed by atoms with van der Waals surface area (Å²) in [6.07, 6.45) is 4.91. The molecule has 1 aromatic rings. The van der Waals surface area contributed by atoms with Gasteiger partial charge in [-0.1, -0.05) is 30.3 Å². The van der Waals surface area contributed by atoms with Crippen molar-refractivity contribution in [3.05, 3.63) is 35.9 Å². The number of nitrogens with one attached hydrogen (secondary N) is 1.